The Morgan fingerprint density at radius 1 is 1.41 bits per heavy atom. The molecule has 1 aliphatic heterocycles. The van der Waals surface area contributed by atoms with E-state index in [4.69, 9.17) is 5.11 Å². The number of alkyl halides is 3. The average molecular weight is 253 g/mol. The van der Waals surface area contributed by atoms with Gasteiger partial charge in [0.25, 0.3) is 0 Å². The maximum absolute atomic E-state index is 12.1. The van der Waals surface area contributed by atoms with Gasteiger partial charge in [-0.3, -0.25) is 4.79 Å². The summed E-state index contributed by atoms with van der Waals surface area (Å²) in [7, 11) is 0. The number of halogens is 3. The number of carbonyl (C=O) groups is 2. The van der Waals surface area contributed by atoms with Crippen molar-refractivity contribution in [3.8, 4) is 0 Å². The molecule has 0 aromatic heterocycles. The molecule has 1 N–H and O–H groups in total. The quantitative estimate of drug-likeness (QED) is 0.834. The predicted molar refractivity (Wildman–Crippen MR) is 52.3 cm³/mol. The zero-order valence-electron chi connectivity index (χ0n) is 9.38. The standard InChI is InChI=1S/C10H14F3NO3/c1-2-9(8(16)17)4-3-5-14(9)7(15)6-10(11,12)13/h2-6H2,1H3,(H,16,17). The molecule has 0 bridgehead atoms. The second-order valence-electron chi connectivity index (χ2n) is 4.13. The first kappa shape index (κ1) is 13.8. The van der Waals surface area contributed by atoms with Gasteiger partial charge in [0.1, 0.15) is 12.0 Å². The van der Waals surface area contributed by atoms with Gasteiger partial charge < -0.3 is 10.0 Å². The van der Waals surface area contributed by atoms with E-state index in [1.54, 1.807) is 6.92 Å². The van der Waals surface area contributed by atoms with Gasteiger partial charge in [-0.2, -0.15) is 13.2 Å². The first-order valence-corrected chi connectivity index (χ1v) is 5.33. The van der Waals surface area contributed by atoms with E-state index in [1.165, 1.54) is 0 Å². The Bertz CT molecular complexity index is 329. The molecule has 1 atom stereocenters. The summed E-state index contributed by atoms with van der Waals surface area (Å²) >= 11 is 0. The molecule has 17 heavy (non-hydrogen) atoms. The van der Waals surface area contributed by atoms with Gasteiger partial charge in [0.2, 0.25) is 5.91 Å². The molecule has 0 radical (unpaired) electrons. The summed E-state index contributed by atoms with van der Waals surface area (Å²) in [4.78, 5) is 23.5. The Morgan fingerprint density at radius 3 is 2.41 bits per heavy atom. The van der Waals surface area contributed by atoms with Crippen LogP contribution in [-0.2, 0) is 9.59 Å². The first-order valence-electron chi connectivity index (χ1n) is 5.33. The Morgan fingerprint density at radius 2 is 2.00 bits per heavy atom. The molecular formula is C10H14F3NO3. The smallest absolute Gasteiger partial charge is 0.397 e. The SMILES string of the molecule is CCC1(C(=O)O)CCCN1C(=O)CC(F)(F)F. The highest BCUT2D eigenvalue weighted by atomic mass is 19.4. The molecule has 1 rings (SSSR count). The number of carboxylic acids is 1. The summed E-state index contributed by atoms with van der Waals surface area (Å²) in [5.41, 5.74) is -1.46. The lowest BCUT2D eigenvalue weighted by Gasteiger charge is -2.34. The number of carboxylic acid groups (broad SMARTS) is 1. The van der Waals surface area contributed by atoms with E-state index in [9.17, 15) is 22.8 Å². The van der Waals surface area contributed by atoms with Crippen LogP contribution in [0.4, 0.5) is 13.2 Å². The summed E-state index contributed by atoms with van der Waals surface area (Å²) in [6.45, 7) is 1.64. The van der Waals surface area contributed by atoms with E-state index in [0.29, 0.717) is 6.42 Å². The lowest BCUT2D eigenvalue weighted by molar-refractivity contribution is -0.171. The molecule has 0 saturated carbocycles. The molecule has 1 unspecified atom stereocenters. The molecule has 0 aliphatic carbocycles. The molecule has 1 saturated heterocycles. The number of hydrogen-bond acceptors (Lipinski definition) is 2. The Labute approximate surface area is 96.4 Å². The van der Waals surface area contributed by atoms with Crippen molar-refractivity contribution in [1.82, 2.24) is 4.90 Å². The molecule has 0 spiro atoms. The summed E-state index contributed by atoms with van der Waals surface area (Å²) < 4.78 is 36.4. The van der Waals surface area contributed by atoms with Gasteiger partial charge in [0, 0.05) is 6.54 Å². The summed E-state index contributed by atoms with van der Waals surface area (Å²) in [6, 6.07) is 0. The van der Waals surface area contributed by atoms with Crippen molar-refractivity contribution < 1.29 is 27.9 Å². The van der Waals surface area contributed by atoms with Crippen LogP contribution in [-0.4, -0.2) is 40.1 Å². The highest BCUT2D eigenvalue weighted by molar-refractivity contribution is 5.88. The zero-order valence-corrected chi connectivity index (χ0v) is 9.38. The van der Waals surface area contributed by atoms with Crippen LogP contribution in [0.25, 0.3) is 0 Å². The first-order chi connectivity index (χ1) is 7.73. The summed E-state index contributed by atoms with van der Waals surface area (Å²) in [6.07, 6.45) is -5.45. The van der Waals surface area contributed by atoms with Crippen LogP contribution in [0.5, 0.6) is 0 Å². The molecule has 1 amide bonds. The Hall–Kier alpha value is -1.27. The minimum Gasteiger partial charge on any atom is -0.479 e. The van der Waals surface area contributed by atoms with Crippen LogP contribution in [0.1, 0.15) is 32.6 Å². The monoisotopic (exact) mass is 253 g/mol. The van der Waals surface area contributed by atoms with Crippen LogP contribution in [0.2, 0.25) is 0 Å². The average Bonchev–Trinajstić information content (AvgIpc) is 2.59. The van der Waals surface area contributed by atoms with Crippen molar-refractivity contribution in [2.75, 3.05) is 6.54 Å². The van der Waals surface area contributed by atoms with E-state index in [0.717, 1.165) is 4.90 Å². The molecule has 0 aromatic rings. The Balaban J connectivity index is 2.89. The van der Waals surface area contributed by atoms with Crippen LogP contribution < -0.4 is 0 Å². The largest absolute Gasteiger partial charge is 0.479 e. The van der Waals surface area contributed by atoms with E-state index in [2.05, 4.69) is 0 Å². The Kier molecular flexibility index (Phi) is 3.68. The van der Waals surface area contributed by atoms with Crippen LogP contribution in [0, 0.1) is 0 Å². The van der Waals surface area contributed by atoms with E-state index < -0.39 is 30.0 Å². The maximum Gasteiger partial charge on any atom is 0.397 e. The molecule has 4 nitrogen and oxygen atoms in total. The highest BCUT2D eigenvalue weighted by Gasteiger charge is 2.50. The van der Waals surface area contributed by atoms with Crippen molar-refractivity contribution in [2.45, 2.75) is 44.3 Å². The van der Waals surface area contributed by atoms with Crippen LogP contribution >= 0.6 is 0 Å². The fourth-order valence-corrected chi connectivity index (χ4v) is 2.25. The predicted octanol–water partition coefficient (Wildman–Crippen LogP) is 1.79. The van der Waals surface area contributed by atoms with Crippen molar-refractivity contribution in [3.05, 3.63) is 0 Å². The van der Waals surface area contributed by atoms with Gasteiger partial charge in [0.05, 0.1) is 0 Å². The molecule has 1 aliphatic rings. The van der Waals surface area contributed by atoms with Crippen molar-refractivity contribution in [3.63, 3.8) is 0 Å². The third kappa shape index (κ3) is 2.70. The zero-order chi connectivity index (χ0) is 13.3. The fourth-order valence-electron chi connectivity index (χ4n) is 2.25. The number of rotatable bonds is 3. The number of nitrogens with zero attached hydrogens (tertiary/aromatic N) is 1. The molecule has 7 heteroatoms. The van der Waals surface area contributed by atoms with Gasteiger partial charge >= 0.3 is 12.1 Å². The fraction of sp³-hybridized carbons (Fsp3) is 0.800. The van der Waals surface area contributed by atoms with Gasteiger partial charge in [-0.25, -0.2) is 4.79 Å². The number of aliphatic carboxylic acids is 1. The molecule has 1 heterocycles. The van der Waals surface area contributed by atoms with E-state index in [-0.39, 0.29) is 19.4 Å². The van der Waals surface area contributed by atoms with Crippen LogP contribution in [0.3, 0.4) is 0 Å². The molecular weight excluding hydrogens is 239 g/mol. The molecule has 98 valence electrons. The summed E-state index contributed by atoms with van der Waals surface area (Å²) in [5, 5.41) is 9.11. The number of amides is 1. The number of likely N-dealkylation sites (tertiary alicyclic amines) is 1. The van der Waals surface area contributed by atoms with E-state index in [1.807, 2.05) is 0 Å². The second-order valence-corrected chi connectivity index (χ2v) is 4.13. The van der Waals surface area contributed by atoms with Crippen molar-refractivity contribution in [2.24, 2.45) is 0 Å². The number of hydrogen-bond donors (Lipinski definition) is 1. The maximum atomic E-state index is 12.1. The summed E-state index contributed by atoms with van der Waals surface area (Å²) in [5.74, 6) is -2.38. The lowest BCUT2D eigenvalue weighted by Crippen LogP contribution is -2.53. The van der Waals surface area contributed by atoms with Gasteiger partial charge in [-0.05, 0) is 19.3 Å². The minimum atomic E-state index is -4.60. The number of carbonyl (C=O) groups excluding carboxylic acids is 1. The molecule has 0 aromatic carbocycles. The molecule has 1 fully saturated rings. The van der Waals surface area contributed by atoms with Crippen molar-refractivity contribution >= 4 is 11.9 Å². The third-order valence-electron chi connectivity index (χ3n) is 3.12. The van der Waals surface area contributed by atoms with Gasteiger partial charge in [0.15, 0.2) is 0 Å². The van der Waals surface area contributed by atoms with Gasteiger partial charge in [-0.15, -0.1) is 0 Å². The van der Waals surface area contributed by atoms with Gasteiger partial charge in [-0.1, -0.05) is 6.92 Å². The lowest BCUT2D eigenvalue weighted by atomic mass is 9.93. The topological polar surface area (TPSA) is 57.6 Å². The minimum absolute atomic E-state index is 0.0784. The highest BCUT2D eigenvalue weighted by Crippen LogP contribution is 2.34. The van der Waals surface area contributed by atoms with Crippen LogP contribution in [0.15, 0.2) is 0 Å². The van der Waals surface area contributed by atoms with E-state index >= 15 is 0 Å². The van der Waals surface area contributed by atoms with Crippen molar-refractivity contribution in [1.29, 1.82) is 0 Å². The normalized spacial score (nSPS) is 25.1. The third-order valence-corrected chi connectivity index (χ3v) is 3.12. The second kappa shape index (κ2) is 4.54.